The number of alkyl halides is 3. The Bertz CT molecular complexity index is 78.2. The van der Waals surface area contributed by atoms with Crippen LogP contribution in [-0.2, 0) is 0 Å². The van der Waals surface area contributed by atoms with E-state index >= 15 is 0 Å². The normalized spacial score (nSPS) is 12.0. The molecule has 0 bridgehead atoms. The highest BCUT2D eigenvalue weighted by atomic mass is 79.9. The molecular weight excluding hydrogens is 202 g/mol. The third kappa shape index (κ3) is 8.34. The zero-order valence-corrected chi connectivity index (χ0v) is 7.76. The van der Waals surface area contributed by atoms with Crippen molar-refractivity contribution in [3.63, 3.8) is 0 Å². The van der Waals surface area contributed by atoms with Crippen LogP contribution in [0.25, 0.3) is 0 Å². The summed E-state index contributed by atoms with van der Waals surface area (Å²) in [5, 5.41) is 0.919. The van der Waals surface area contributed by atoms with Gasteiger partial charge in [-0.25, -0.2) is 8.78 Å². The minimum absolute atomic E-state index is 0.0278. The van der Waals surface area contributed by atoms with E-state index in [-0.39, 0.29) is 6.42 Å². The minimum Gasteiger partial charge on any atom is -0.207 e. The molecule has 0 aliphatic carbocycles. The Morgan fingerprint density at radius 3 is 2.20 bits per heavy atom. The van der Waals surface area contributed by atoms with E-state index in [0.29, 0.717) is 6.42 Å². The molecule has 0 aliphatic heterocycles. The molecule has 0 unspecified atom stereocenters. The number of unbranched alkanes of at least 4 members (excludes halogenated alkanes) is 2. The van der Waals surface area contributed by atoms with Gasteiger partial charge in [-0.3, -0.25) is 0 Å². The number of hydrogen-bond acceptors (Lipinski definition) is 0. The second kappa shape index (κ2) is 5.05. The number of halogens is 3. The van der Waals surface area contributed by atoms with Crippen molar-refractivity contribution in [2.24, 2.45) is 0 Å². The van der Waals surface area contributed by atoms with E-state index in [1.165, 1.54) is 0 Å². The van der Waals surface area contributed by atoms with Crippen molar-refractivity contribution in [3.05, 3.63) is 0 Å². The van der Waals surface area contributed by atoms with Gasteiger partial charge in [-0.1, -0.05) is 22.4 Å². The molecule has 62 valence electrons. The zero-order valence-electron chi connectivity index (χ0n) is 6.17. The van der Waals surface area contributed by atoms with Crippen LogP contribution in [0.2, 0.25) is 0 Å². The molecule has 0 radical (unpaired) electrons. The van der Waals surface area contributed by atoms with Crippen LogP contribution in [0.1, 0.15) is 32.6 Å². The van der Waals surface area contributed by atoms with E-state index in [1.54, 1.807) is 0 Å². The molecule has 0 fully saturated rings. The Hall–Kier alpha value is 0.340. The average molecular weight is 215 g/mol. The molecule has 0 heterocycles. The summed E-state index contributed by atoms with van der Waals surface area (Å²) in [6, 6.07) is 0. The van der Waals surface area contributed by atoms with Crippen molar-refractivity contribution >= 4 is 15.9 Å². The first-order valence-corrected chi connectivity index (χ1v) is 4.62. The molecule has 0 saturated heterocycles. The Kier molecular flexibility index (Phi) is 5.22. The fourth-order valence-electron chi connectivity index (χ4n) is 0.707. The molecule has 0 nitrogen and oxygen atoms in total. The molecular formula is C7H13BrF2. The lowest BCUT2D eigenvalue weighted by Gasteiger charge is -2.08. The van der Waals surface area contributed by atoms with Crippen molar-refractivity contribution in [2.75, 3.05) is 5.33 Å². The van der Waals surface area contributed by atoms with Crippen LogP contribution in [0.3, 0.4) is 0 Å². The van der Waals surface area contributed by atoms with Crippen LogP contribution < -0.4 is 0 Å². The first-order valence-electron chi connectivity index (χ1n) is 3.50. The van der Waals surface area contributed by atoms with Gasteiger partial charge in [-0.05, 0) is 19.8 Å². The van der Waals surface area contributed by atoms with E-state index in [9.17, 15) is 8.78 Å². The maximum Gasteiger partial charge on any atom is 0.245 e. The van der Waals surface area contributed by atoms with E-state index in [1.807, 2.05) is 0 Å². The quantitative estimate of drug-likeness (QED) is 0.485. The highest BCUT2D eigenvalue weighted by molar-refractivity contribution is 9.09. The van der Waals surface area contributed by atoms with Crippen molar-refractivity contribution < 1.29 is 8.78 Å². The lowest BCUT2D eigenvalue weighted by molar-refractivity contribution is 0.0105. The highest BCUT2D eigenvalue weighted by Gasteiger charge is 2.19. The predicted octanol–water partition coefficient (Wildman–Crippen LogP) is 3.60. The van der Waals surface area contributed by atoms with Crippen molar-refractivity contribution in [1.82, 2.24) is 0 Å². The first kappa shape index (κ1) is 10.3. The van der Waals surface area contributed by atoms with Gasteiger partial charge in [-0.2, -0.15) is 0 Å². The van der Waals surface area contributed by atoms with Crippen molar-refractivity contribution in [2.45, 2.75) is 38.5 Å². The van der Waals surface area contributed by atoms with Gasteiger partial charge in [0, 0.05) is 11.8 Å². The Labute approximate surface area is 69.1 Å². The van der Waals surface area contributed by atoms with Crippen LogP contribution >= 0.6 is 15.9 Å². The Morgan fingerprint density at radius 1 is 1.20 bits per heavy atom. The highest BCUT2D eigenvalue weighted by Crippen LogP contribution is 2.20. The Morgan fingerprint density at radius 2 is 1.80 bits per heavy atom. The summed E-state index contributed by atoms with van der Waals surface area (Å²) in [6.45, 7) is 0.973. The van der Waals surface area contributed by atoms with Crippen LogP contribution in [0.4, 0.5) is 8.78 Å². The van der Waals surface area contributed by atoms with Crippen LogP contribution in [0.5, 0.6) is 0 Å². The van der Waals surface area contributed by atoms with Gasteiger partial charge in [0.05, 0.1) is 0 Å². The Balaban J connectivity index is 3.04. The molecule has 0 aliphatic rings. The number of hydrogen-bond donors (Lipinski definition) is 0. The lowest BCUT2D eigenvalue weighted by Crippen LogP contribution is -2.08. The van der Waals surface area contributed by atoms with E-state index in [0.717, 1.165) is 25.1 Å². The zero-order chi connectivity index (χ0) is 8.04. The van der Waals surface area contributed by atoms with Gasteiger partial charge < -0.3 is 0 Å². The topological polar surface area (TPSA) is 0 Å². The third-order valence-electron chi connectivity index (χ3n) is 1.25. The van der Waals surface area contributed by atoms with Crippen LogP contribution in [-0.4, -0.2) is 11.3 Å². The van der Waals surface area contributed by atoms with E-state index in [4.69, 9.17) is 0 Å². The van der Waals surface area contributed by atoms with Gasteiger partial charge >= 0.3 is 0 Å². The molecule has 0 amide bonds. The SMILES string of the molecule is CC(F)(F)CCCCCBr. The fraction of sp³-hybridized carbons (Fsp3) is 1.00. The molecule has 0 spiro atoms. The predicted molar refractivity (Wildman–Crippen MR) is 42.9 cm³/mol. The van der Waals surface area contributed by atoms with Crippen molar-refractivity contribution in [3.8, 4) is 0 Å². The second-order valence-electron chi connectivity index (χ2n) is 2.57. The lowest BCUT2D eigenvalue weighted by atomic mass is 10.1. The van der Waals surface area contributed by atoms with E-state index < -0.39 is 5.92 Å². The van der Waals surface area contributed by atoms with Gasteiger partial charge in [0.15, 0.2) is 0 Å². The van der Waals surface area contributed by atoms with Crippen LogP contribution in [0, 0.1) is 0 Å². The summed E-state index contributed by atoms with van der Waals surface area (Å²) in [4.78, 5) is 0. The van der Waals surface area contributed by atoms with Gasteiger partial charge in [-0.15, -0.1) is 0 Å². The molecule has 0 N–H and O–H groups in total. The molecule has 0 aromatic rings. The molecule has 0 saturated carbocycles. The summed E-state index contributed by atoms with van der Waals surface area (Å²) in [7, 11) is 0. The maximum absolute atomic E-state index is 12.1. The third-order valence-corrected chi connectivity index (χ3v) is 1.81. The second-order valence-corrected chi connectivity index (χ2v) is 3.36. The fourth-order valence-corrected chi connectivity index (χ4v) is 1.10. The molecule has 0 aromatic carbocycles. The molecule has 10 heavy (non-hydrogen) atoms. The summed E-state index contributed by atoms with van der Waals surface area (Å²) < 4.78 is 24.3. The maximum atomic E-state index is 12.1. The molecule has 3 heteroatoms. The first-order chi connectivity index (χ1) is 4.56. The monoisotopic (exact) mass is 214 g/mol. The summed E-state index contributed by atoms with van der Waals surface area (Å²) in [5.74, 6) is -2.47. The van der Waals surface area contributed by atoms with Crippen LogP contribution in [0.15, 0.2) is 0 Å². The van der Waals surface area contributed by atoms with Gasteiger partial charge in [0.25, 0.3) is 0 Å². The molecule has 0 rings (SSSR count). The van der Waals surface area contributed by atoms with E-state index in [2.05, 4.69) is 15.9 Å². The minimum atomic E-state index is -2.47. The molecule has 0 aromatic heterocycles. The summed E-state index contributed by atoms with van der Waals surface area (Å²) in [6.07, 6.45) is 2.56. The summed E-state index contributed by atoms with van der Waals surface area (Å²) >= 11 is 3.24. The average Bonchev–Trinajstić information content (AvgIpc) is 1.78. The van der Waals surface area contributed by atoms with Gasteiger partial charge in [0.1, 0.15) is 0 Å². The number of rotatable bonds is 5. The summed E-state index contributed by atoms with van der Waals surface area (Å²) in [5.41, 5.74) is 0. The van der Waals surface area contributed by atoms with Crippen molar-refractivity contribution in [1.29, 1.82) is 0 Å². The largest absolute Gasteiger partial charge is 0.245 e. The smallest absolute Gasteiger partial charge is 0.207 e. The molecule has 0 atom stereocenters. The van der Waals surface area contributed by atoms with Gasteiger partial charge in [0.2, 0.25) is 5.92 Å². The standard InChI is InChI=1S/C7H13BrF2/c1-7(9,10)5-3-2-4-6-8/h2-6H2,1H3.